The number of nitrogens with zero attached hydrogens (tertiary/aromatic N) is 2. The largest absolute Gasteiger partial charge is 0.456 e. The number of benzene rings is 5. The number of hydrogen-bond donors (Lipinski definition) is 0. The Hall–Kier alpha value is -4.70. The molecule has 250 valence electrons. The van der Waals surface area contributed by atoms with Gasteiger partial charge in [0.05, 0.1) is 16.6 Å². The van der Waals surface area contributed by atoms with E-state index in [0.29, 0.717) is 0 Å². The van der Waals surface area contributed by atoms with Crippen LogP contribution in [0.4, 0.5) is 11.4 Å². The van der Waals surface area contributed by atoms with E-state index in [1.54, 1.807) is 5.56 Å². The maximum absolute atomic E-state index is 6.87. The number of furan rings is 1. The van der Waals surface area contributed by atoms with Crippen molar-refractivity contribution in [3.8, 4) is 22.3 Å². The molecule has 12 rings (SSSR count). The molecule has 2 atom stereocenters. The minimum absolute atomic E-state index is 0.0181. The first-order valence-electron chi connectivity index (χ1n) is 19.2. The van der Waals surface area contributed by atoms with E-state index < -0.39 is 0 Å². The van der Waals surface area contributed by atoms with E-state index in [0.717, 1.165) is 11.2 Å². The van der Waals surface area contributed by atoms with Crippen LogP contribution in [0.15, 0.2) is 89.3 Å². The zero-order valence-electron chi connectivity index (χ0n) is 30.8. The molecule has 3 nitrogen and oxygen atoms in total. The molecule has 0 radical (unpaired) electrons. The molecule has 5 aromatic carbocycles. The van der Waals surface area contributed by atoms with Gasteiger partial charge in [0, 0.05) is 49.6 Å². The van der Waals surface area contributed by atoms with Gasteiger partial charge in [-0.2, -0.15) is 0 Å². The molecule has 5 aliphatic rings. The summed E-state index contributed by atoms with van der Waals surface area (Å²) in [5.41, 5.74) is 20.4. The van der Waals surface area contributed by atoms with Gasteiger partial charge >= 0.3 is 6.85 Å². The van der Waals surface area contributed by atoms with Gasteiger partial charge in [0.15, 0.2) is 0 Å². The molecule has 0 saturated heterocycles. The Balaban J connectivity index is 1.34. The van der Waals surface area contributed by atoms with Gasteiger partial charge in [0.1, 0.15) is 11.2 Å². The molecule has 1 saturated carbocycles. The van der Waals surface area contributed by atoms with Crippen LogP contribution in [0.1, 0.15) is 96.5 Å². The van der Waals surface area contributed by atoms with Crippen molar-refractivity contribution in [1.29, 1.82) is 0 Å². The number of fused-ring (bicyclic) bond motifs is 16. The summed E-state index contributed by atoms with van der Waals surface area (Å²) >= 11 is 0. The number of aromatic nitrogens is 1. The second-order valence-corrected chi connectivity index (χ2v) is 18.4. The minimum Gasteiger partial charge on any atom is -0.456 e. The average molecular weight is 663 g/mol. The molecule has 0 amide bonds. The van der Waals surface area contributed by atoms with Crippen LogP contribution in [-0.4, -0.2) is 16.9 Å². The lowest BCUT2D eigenvalue weighted by Crippen LogP contribution is -2.62. The van der Waals surface area contributed by atoms with Gasteiger partial charge in [-0.25, -0.2) is 0 Å². The summed E-state index contributed by atoms with van der Waals surface area (Å²) in [7, 11) is 0. The Bertz CT molecular complexity index is 2770. The maximum atomic E-state index is 6.87. The van der Waals surface area contributed by atoms with E-state index in [2.05, 4.69) is 143 Å². The van der Waals surface area contributed by atoms with Crippen molar-refractivity contribution in [2.24, 2.45) is 0 Å². The third kappa shape index (κ3) is 3.04. The SMILES string of the molecule is CC(C)(C)c1cc2c3c(c1)C1(C)CCCCC1(C)N3c1c3c(cc4oc5ccccc5c14)-c1cccc4c5c(n(c14)B23)C(C)(C)c1ccccc1-5. The molecule has 2 aromatic heterocycles. The first-order valence-corrected chi connectivity index (χ1v) is 19.2. The van der Waals surface area contributed by atoms with Gasteiger partial charge in [-0.05, 0) is 76.1 Å². The second-order valence-electron chi connectivity index (χ2n) is 18.4. The lowest BCUT2D eigenvalue weighted by Gasteiger charge is -2.52. The first kappa shape index (κ1) is 28.9. The lowest BCUT2D eigenvalue weighted by molar-refractivity contribution is 0.195. The molecular formula is C47H43BN2O. The fourth-order valence-corrected chi connectivity index (χ4v) is 12.0. The van der Waals surface area contributed by atoms with Gasteiger partial charge in [0.25, 0.3) is 0 Å². The topological polar surface area (TPSA) is 21.3 Å². The molecule has 51 heavy (non-hydrogen) atoms. The summed E-state index contributed by atoms with van der Waals surface area (Å²) in [5, 5.41) is 3.88. The van der Waals surface area contributed by atoms with E-state index >= 15 is 0 Å². The highest BCUT2D eigenvalue weighted by molar-refractivity contribution is 6.90. The highest BCUT2D eigenvalue weighted by atomic mass is 16.3. The second kappa shape index (κ2) is 8.67. The van der Waals surface area contributed by atoms with E-state index in [1.165, 1.54) is 109 Å². The highest BCUT2D eigenvalue weighted by Crippen LogP contribution is 2.64. The van der Waals surface area contributed by atoms with Crippen LogP contribution in [0, 0.1) is 0 Å². The third-order valence-corrected chi connectivity index (χ3v) is 14.6. The van der Waals surface area contributed by atoms with Gasteiger partial charge in [-0.3, -0.25) is 0 Å². The van der Waals surface area contributed by atoms with Gasteiger partial charge in [0.2, 0.25) is 0 Å². The fourth-order valence-electron chi connectivity index (χ4n) is 12.0. The number of rotatable bonds is 0. The van der Waals surface area contributed by atoms with Crippen molar-refractivity contribution in [3.63, 3.8) is 0 Å². The van der Waals surface area contributed by atoms with Crippen molar-refractivity contribution < 1.29 is 4.42 Å². The number of hydrogen-bond acceptors (Lipinski definition) is 2. The quantitative estimate of drug-likeness (QED) is 0.151. The number of para-hydroxylation sites is 2. The van der Waals surface area contributed by atoms with Gasteiger partial charge in [-0.1, -0.05) is 127 Å². The molecule has 3 aliphatic heterocycles. The van der Waals surface area contributed by atoms with E-state index in [9.17, 15) is 0 Å². The summed E-state index contributed by atoms with van der Waals surface area (Å²) in [6.07, 6.45) is 4.92. The molecule has 4 heteroatoms. The molecule has 2 unspecified atom stereocenters. The van der Waals surface area contributed by atoms with Crippen LogP contribution in [0.2, 0.25) is 0 Å². The van der Waals surface area contributed by atoms with Gasteiger partial charge in [-0.15, -0.1) is 0 Å². The summed E-state index contributed by atoms with van der Waals surface area (Å²) < 4.78 is 9.71. The molecular weight excluding hydrogens is 619 g/mol. The van der Waals surface area contributed by atoms with Crippen LogP contribution in [0.3, 0.4) is 0 Å². The normalized spacial score (nSPS) is 23.1. The van der Waals surface area contributed by atoms with Crippen LogP contribution in [0.25, 0.3) is 55.1 Å². The molecule has 7 aromatic rings. The van der Waals surface area contributed by atoms with Crippen LogP contribution in [-0.2, 0) is 16.2 Å². The predicted molar refractivity (Wildman–Crippen MR) is 214 cm³/mol. The van der Waals surface area contributed by atoms with E-state index in [1.807, 2.05) is 0 Å². The molecule has 1 fully saturated rings. The summed E-state index contributed by atoms with van der Waals surface area (Å²) in [6, 6.07) is 32.7. The average Bonchev–Trinajstić information content (AvgIpc) is 3.79. The molecule has 0 bridgehead atoms. The zero-order chi connectivity index (χ0) is 34.6. The maximum Gasteiger partial charge on any atom is 0.332 e. The monoisotopic (exact) mass is 662 g/mol. The Kier molecular flexibility index (Phi) is 4.92. The van der Waals surface area contributed by atoms with Crippen molar-refractivity contribution in [3.05, 3.63) is 107 Å². The van der Waals surface area contributed by atoms with E-state index in [4.69, 9.17) is 4.42 Å². The minimum atomic E-state index is -0.153. The predicted octanol–water partition coefficient (Wildman–Crippen LogP) is 10.8. The molecule has 0 spiro atoms. The standard InChI is InChI=1S/C47H43BN2O/c1-44(2,3)26-23-33-41-34(24-26)48-39-31(27-17-14-18-30-37-28-15-8-10-19-32(28)45(4,5)43(37)50(48)40(27)30)25-36-38(29-16-9-11-20-35(29)51-36)42(39)49(41)47(7)22-13-12-21-46(33,47)6/h8-11,14-20,23-25H,12-13,21-22H2,1-7H3. The van der Waals surface area contributed by atoms with Gasteiger partial charge < -0.3 is 13.8 Å². The summed E-state index contributed by atoms with van der Waals surface area (Å²) in [4.78, 5) is 2.89. The van der Waals surface area contributed by atoms with Crippen molar-refractivity contribution in [2.45, 2.75) is 95.9 Å². The Morgan fingerprint density at radius 1 is 0.706 bits per heavy atom. The first-order chi connectivity index (χ1) is 24.4. The van der Waals surface area contributed by atoms with Crippen LogP contribution in [0.5, 0.6) is 0 Å². The Labute approximate surface area is 300 Å². The van der Waals surface area contributed by atoms with Crippen LogP contribution < -0.4 is 15.8 Å². The molecule has 5 heterocycles. The lowest BCUT2D eigenvalue weighted by atomic mass is 9.44. The Morgan fingerprint density at radius 2 is 1.45 bits per heavy atom. The summed E-state index contributed by atoms with van der Waals surface area (Å²) in [5.74, 6) is 0. The van der Waals surface area contributed by atoms with Crippen LogP contribution >= 0.6 is 0 Å². The Morgan fingerprint density at radius 3 is 2.29 bits per heavy atom. The highest BCUT2D eigenvalue weighted by Gasteiger charge is 2.62. The molecule has 2 aliphatic carbocycles. The fraction of sp³-hybridized carbons (Fsp3) is 0.319. The zero-order valence-corrected chi connectivity index (χ0v) is 30.8. The smallest absolute Gasteiger partial charge is 0.332 e. The van der Waals surface area contributed by atoms with Crippen molar-refractivity contribution >= 4 is 62.0 Å². The summed E-state index contributed by atoms with van der Waals surface area (Å²) in [6.45, 7) is 17.4. The van der Waals surface area contributed by atoms with E-state index in [-0.39, 0.29) is 28.6 Å². The van der Waals surface area contributed by atoms with Crippen molar-refractivity contribution in [1.82, 2.24) is 4.48 Å². The third-order valence-electron chi connectivity index (χ3n) is 14.6. The number of anilines is 2. The molecule has 0 N–H and O–H groups in total. The van der Waals surface area contributed by atoms with Crippen molar-refractivity contribution in [2.75, 3.05) is 4.90 Å².